The van der Waals surface area contributed by atoms with Crippen molar-refractivity contribution in [3.63, 3.8) is 0 Å². The molecular formula is C4H4O4S3. The van der Waals surface area contributed by atoms with Crippen LogP contribution in [0.3, 0.4) is 0 Å². The maximum Gasteiger partial charge on any atom is 0.291 e. The lowest BCUT2D eigenvalue weighted by Crippen LogP contribution is -2.05. The van der Waals surface area contributed by atoms with Crippen LogP contribution in [0.1, 0.15) is 0 Å². The summed E-state index contributed by atoms with van der Waals surface area (Å²) in [6, 6.07) is 2.79. The Morgan fingerprint density at radius 1 is 1.55 bits per heavy atom. The van der Waals surface area contributed by atoms with Crippen LogP contribution in [0, 0.1) is 0 Å². The third-order valence-electron chi connectivity index (χ3n) is 0.929. The molecular weight excluding hydrogens is 208 g/mol. The van der Waals surface area contributed by atoms with Crippen molar-refractivity contribution < 1.29 is 17.2 Å². The van der Waals surface area contributed by atoms with E-state index in [-0.39, 0.29) is 4.21 Å². The van der Waals surface area contributed by atoms with Crippen molar-refractivity contribution in [1.29, 1.82) is 0 Å². The minimum absolute atomic E-state index is 0.0849. The molecule has 0 aliphatic rings. The lowest BCUT2D eigenvalue weighted by Gasteiger charge is -1.91. The van der Waals surface area contributed by atoms with Crippen LogP contribution in [-0.4, -0.2) is 17.2 Å². The fraction of sp³-hybridized carbons (Fsp3) is 0. The Balaban J connectivity index is 3.22. The number of thiophene rings is 1. The van der Waals surface area contributed by atoms with Gasteiger partial charge in [-0.15, -0.1) is 11.3 Å². The van der Waals surface area contributed by atoms with Crippen molar-refractivity contribution in [3.05, 3.63) is 17.5 Å². The number of rotatable bonds is 2. The first-order chi connectivity index (χ1) is 5.05. The molecule has 1 aromatic heterocycles. The third-order valence-corrected chi connectivity index (χ3v) is 5.52. The van der Waals surface area contributed by atoms with Crippen LogP contribution in [0.5, 0.6) is 0 Å². The van der Waals surface area contributed by atoms with E-state index in [1.54, 1.807) is 0 Å². The summed E-state index contributed by atoms with van der Waals surface area (Å²) in [5.41, 5.74) is 0. The Morgan fingerprint density at radius 3 is 2.55 bits per heavy atom. The van der Waals surface area contributed by atoms with Gasteiger partial charge in [0.05, 0.1) is 0 Å². The molecule has 11 heavy (non-hydrogen) atoms. The quantitative estimate of drug-likeness (QED) is 0.577. The van der Waals surface area contributed by atoms with E-state index in [1.807, 2.05) is 0 Å². The molecule has 0 fully saturated rings. The fourth-order valence-electron chi connectivity index (χ4n) is 0.476. The fourth-order valence-corrected chi connectivity index (χ4v) is 3.41. The van der Waals surface area contributed by atoms with Crippen LogP contribution in [0.4, 0.5) is 0 Å². The van der Waals surface area contributed by atoms with Gasteiger partial charge in [0.1, 0.15) is 4.21 Å². The first kappa shape index (κ1) is 8.85. The van der Waals surface area contributed by atoms with E-state index in [4.69, 9.17) is 4.55 Å². The highest BCUT2D eigenvalue weighted by Crippen LogP contribution is 2.18. The maximum atomic E-state index is 10.9. The van der Waals surface area contributed by atoms with Crippen molar-refractivity contribution in [2.45, 2.75) is 4.21 Å². The zero-order valence-electron chi connectivity index (χ0n) is 5.13. The van der Waals surface area contributed by atoms with Gasteiger partial charge >= 0.3 is 0 Å². The van der Waals surface area contributed by atoms with Crippen LogP contribution in [-0.2, 0) is 19.0 Å². The lowest BCUT2D eigenvalue weighted by atomic mass is 10.7. The van der Waals surface area contributed by atoms with Crippen molar-refractivity contribution >= 4 is 30.3 Å². The van der Waals surface area contributed by atoms with Gasteiger partial charge in [-0.05, 0) is 11.4 Å². The molecule has 0 radical (unpaired) electrons. The van der Waals surface area contributed by atoms with Crippen molar-refractivity contribution in [2.75, 3.05) is 0 Å². The van der Waals surface area contributed by atoms with Gasteiger partial charge in [0.15, 0.2) is 0 Å². The molecule has 1 heterocycles. The zero-order valence-corrected chi connectivity index (χ0v) is 7.58. The average Bonchev–Trinajstić information content (AvgIpc) is 2.37. The molecule has 0 saturated carbocycles. The maximum absolute atomic E-state index is 10.9. The number of hydrogen-bond donors (Lipinski definition) is 1. The summed E-state index contributed by atoms with van der Waals surface area (Å²) in [6.07, 6.45) is 0. The molecule has 1 rings (SSSR count). The molecule has 0 spiro atoms. The summed E-state index contributed by atoms with van der Waals surface area (Å²) in [5.74, 6) is 0. The smallest absolute Gasteiger partial charge is 0.291 e. The Hall–Kier alpha value is -0.240. The lowest BCUT2D eigenvalue weighted by molar-refractivity contribution is 0.563. The topological polar surface area (TPSA) is 71.4 Å². The summed E-state index contributed by atoms with van der Waals surface area (Å²) >= 11 is 0.917. The first-order valence-electron chi connectivity index (χ1n) is 2.45. The molecule has 1 atom stereocenters. The van der Waals surface area contributed by atoms with Crippen LogP contribution in [0.15, 0.2) is 21.7 Å². The van der Waals surface area contributed by atoms with Crippen LogP contribution >= 0.6 is 11.3 Å². The van der Waals surface area contributed by atoms with Crippen molar-refractivity contribution in [1.82, 2.24) is 0 Å². The van der Waals surface area contributed by atoms with E-state index < -0.39 is 19.0 Å². The normalized spacial score (nSPS) is 14.6. The van der Waals surface area contributed by atoms with Gasteiger partial charge in [0.2, 0.25) is 0 Å². The van der Waals surface area contributed by atoms with E-state index in [2.05, 4.69) is 0 Å². The number of hydrogen-bond acceptors (Lipinski definition) is 4. The SMILES string of the molecule is O=S(O)S(=O)(=O)c1cccs1. The van der Waals surface area contributed by atoms with E-state index in [1.165, 1.54) is 17.5 Å². The van der Waals surface area contributed by atoms with Crippen molar-refractivity contribution in [2.24, 2.45) is 0 Å². The largest absolute Gasteiger partial charge is 0.294 e. The molecule has 0 aliphatic heterocycles. The summed E-state index contributed by atoms with van der Waals surface area (Å²) in [7, 11) is -6.81. The molecule has 0 aromatic carbocycles. The van der Waals surface area contributed by atoms with E-state index in [0.29, 0.717) is 0 Å². The molecule has 1 unspecified atom stereocenters. The van der Waals surface area contributed by atoms with E-state index >= 15 is 0 Å². The minimum atomic E-state index is -3.99. The van der Waals surface area contributed by atoms with Gasteiger partial charge in [0, 0.05) is 0 Å². The molecule has 62 valence electrons. The molecule has 0 aliphatic carbocycles. The zero-order chi connectivity index (χ0) is 8.48. The minimum Gasteiger partial charge on any atom is -0.294 e. The van der Waals surface area contributed by atoms with Gasteiger partial charge in [-0.2, -0.15) is 0 Å². The van der Waals surface area contributed by atoms with Gasteiger partial charge in [-0.25, -0.2) is 12.6 Å². The average molecular weight is 212 g/mol. The Labute approximate surface area is 69.5 Å². The third kappa shape index (κ3) is 1.67. The Morgan fingerprint density at radius 2 is 2.18 bits per heavy atom. The molecule has 0 amide bonds. The highest BCUT2D eigenvalue weighted by Gasteiger charge is 2.21. The second kappa shape index (κ2) is 3.02. The second-order valence-corrected chi connectivity index (χ2v) is 6.76. The molecule has 1 aromatic rings. The Bertz CT molecular complexity index is 349. The molecule has 4 nitrogen and oxygen atoms in total. The van der Waals surface area contributed by atoms with E-state index in [0.717, 1.165) is 11.3 Å². The predicted octanol–water partition coefficient (Wildman–Crippen LogP) is 0.659. The van der Waals surface area contributed by atoms with Gasteiger partial charge in [-0.3, -0.25) is 4.55 Å². The molecule has 0 bridgehead atoms. The summed E-state index contributed by atoms with van der Waals surface area (Å²) < 4.78 is 40.2. The molecule has 0 saturated heterocycles. The highest BCUT2D eigenvalue weighted by molar-refractivity contribution is 8.62. The van der Waals surface area contributed by atoms with Gasteiger partial charge in [-0.1, -0.05) is 6.07 Å². The molecule has 1 N–H and O–H groups in total. The first-order valence-corrected chi connectivity index (χ1v) is 6.43. The summed E-state index contributed by atoms with van der Waals surface area (Å²) in [5, 5.41) is 1.53. The van der Waals surface area contributed by atoms with E-state index in [9.17, 15) is 12.6 Å². The predicted molar refractivity (Wildman–Crippen MR) is 42.3 cm³/mol. The van der Waals surface area contributed by atoms with Crippen LogP contribution < -0.4 is 0 Å². The van der Waals surface area contributed by atoms with Gasteiger partial charge in [0.25, 0.3) is 19.0 Å². The van der Waals surface area contributed by atoms with Crippen LogP contribution in [0.25, 0.3) is 0 Å². The second-order valence-electron chi connectivity index (χ2n) is 1.60. The standard InChI is InChI=1S/C4H4O4S3/c5-10(6)11(7,8)4-2-1-3-9-4/h1-3H,(H,5,6). The van der Waals surface area contributed by atoms with Gasteiger partial charge < -0.3 is 0 Å². The summed E-state index contributed by atoms with van der Waals surface area (Å²) in [4.78, 5) is 0. The van der Waals surface area contributed by atoms with Crippen LogP contribution in [0.2, 0.25) is 0 Å². The van der Waals surface area contributed by atoms with Crippen molar-refractivity contribution in [3.8, 4) is 0 Å². The monoisotopic (exact) mass is 212 g/mol. The highest BCUT2D eigenvalue weighted by atomic mass is 33.2. The molecule has 7 heteroatoms. The Kier molecular flexibility index (Phi) is 2.43. The summed E-state index contributed by atoms with van der Waals surface area (Å²) in [6.45, 7) is 0.